The van der Waals surface area contributed by atoms with Gasteiger partial charge in [0.15, 0.2) is 11.9 Å². The number of aliphatic hydroxyl groups excluding tert-OH is 5. The lowest BCUT2D eigenvalue weighted by Gasteiger charge is -2.45. The summed E-state index contributed by atoms with van der Waals surface area (Å²) in [4.78, 5) is 25.6. The molecule has 0 amide bonds. The van der Waals surface area contributed by atoms with E-state index >= 15 is 0 Å². The molecule has 3 aliphatic heterocycles. The first-order valence-electron chi connectivity index (χ1n) is 12.4. The summed E-state index contributed by atoms with van der Waals surface area (Å²) in [6, 6.07) is 6.13. The fourth-order valence-corrected chi connectivity index (χ4v) is 5.71. The van der Waals surface area contributed by atoms with Crippen molar-refractivity contribution < 1.29 is 63.9 Å². The van der Waals surface area contributed by atoms with E-state index in [1.165, 1.54) is 25.3 Å². The zero-order chi connectivity index (χ0) is 28.1. The van der Waals surface area contributed by atoms with Gasteiger partial charge in [-0.25, -0.2) is 4.79 Å². The third-order valence-corrected chi connectivity index (χ3v) is 7.81. The number of carbonyl (C=O) groups excluding carboxylic acids is 2. The fraction of sp³-hybridized carbons (Fsp3) is 0.538. The summed E-state index contributed by atoms with van der Waals surface area (Å²) in [5.74, 6) is -4.28. The molecule has 1 spiro atoms. The molecule has 11 atom stereocenters. The number of hydrogen-bond acceptors (Lipinski definition) is 13. The predicted octanol–water partition coefficient (Wildman–Crippen LogP) is -1.76. The van der Waals surface area contributed by atoms with Gasteiger partial charge in [-0.1, -0.05) is 18.2 Å². The largest absolute Gasteiger partial charge is 0.508 e. The van der Waals surface area contributed by atoms with Gasteiger partial charge in [0, 0.05) is 5.92 Å². The molecule has 1 aromatic carbocycles. The Morgan fingerprint density at radius 2 is 1.77 bits per heavy atom. The fourth-order valence-electron chi connectivity index (χ4n) is 5.71. The number of esters is 2. The number of aliphatic hydroxyl groups is 5. The van der Waals surface area contributed by atoms with Crippen molar-refractivity contribution in [3.05, 3.63) is 53.8 Å². The van der Waals surface area contributed by atoms with Crippen LogP contribution in [0.3, 0.4) is 0 Å². The molecule has 6 N–H and O–H groups in total. The molecule has 212 valence electrons. The Morgan fingerprint density at radius 1 is 1.05 bits per heavy atom. The minimum Gasteiger partial charge on any atom is -0.508 e. The van der Waals surface area contributed by atoms with Crippen molar-refractivity contribution >= 4 is 11.9 Å². The number of aromatic hydroxyl groups is 1. The molecule has 2 fully saturated rings. The number of methoxy groups -OCH3 is 1. The maximum atomic E-state index is 13.1. The Morgan fingerprint density at radius 3 is 2.44 bits per heavy atom. The van der Waals surface area contributed by atoms with Gasteiger partial charge in [-0.15, -0.1) is 0 Å². The monoisotopic (exact) mass is 550 g/mol. The zero-order valence-corrected chi connectivity index (χ0v) is 20.8. The standard InChI is InChI=1S/C26H30O13/c1-35-22(33)15-10-36-24(38-25-20(31)19(30)18(29)16(9-27)37-25)17-13(15)6-7-26(17)21(32)14(23(34)39-26)8-11-2-4-12(28)5-3-11/h2-7,10,13-14,16-21,24-25,27-32H,8-9H2,1H3/t13-,14+,16+,17+,18+,19-,20+,21+,24-,25-,26-/m0/s1. The van der Waals surface area contributed by atoms with Crippen LogP contribution >= 0.6 is 0 Å². The molecule has 0 bridgehead atoms. The van der Waals surface area contributed by atoms with E-state index in [1.54, 1.807) is 18.2 Å². The van der Waals surface area contributed by atoms with Crippen LogP contribution in [0.15, 0.2) is 48.3 Å². The summed E-state index contributed by atoms with van der Waals surface area (Å²) in [7, 11) is 1.18. The first-order valence-corrected chi connectivity index (χ1v) is 12.4. The van der Waals surface area contributed by atoms with Crippen molar-refractivity contribution in [3.63, 3.8) is 0 Å². The van der Waals surface area contributed by atoms with Gasteiger partial charge in [0.1, 0.15) is 36.3 Å². The summed E-state index contributed by atoms with van der Waals surface area (Å²) >= 11 is 0. The summed E-state index contributed by atoms with van der Waals surface area (Å²) in [6.45, 7) is -0.685. The highest BCUT2D eigenvalue weighted by Gasteiger charge is 2.66. The average molecular weight is 551 g/mol. The number of phenols is 1. The predicted molar refractivity (Wildman–Crippen MR) is 126 cm³/mol. The molecule has 0 unspecified atom stereocenters. The van der Waals surface area contributed by atoms with Gasteiger partial charge in [-0.2, -0.15) is 0 Å². The lowest BCUT2D eigenvalue weighted by Crippen LogP contribution is -2.61. The molecule has 13 heteroatoms. The normalized spacial score (nSPS) is 41.1. The number of hydrogen-bond donors (Lipinski definition) is 6. The number of rotatable bonds is 6. The zero-order valence-electron chi connectivity index (χ0n) is 20.8. The van der Waals surface area contributed by atoms with Gasteiger partial charge in [-0.3, -0.25) is 4.79 Å². The van der Waals surface area contributed by atoms with E-state index in [2.05, 4.69) is 0 Å². The van der Waals surface area contributed by atoms with E-state index in [-0.39, 0.29) is 17.7 Å². The number of fused-ring (bicyclic) bond motifs is 2. The Hall–Kier alpha value is -3.04. The van der Waals surface area contributed by atoms with Gasteiger partial charge < -0.3 is 54.3 Å². The summed E-state index contributed by atoms with van der Waals surface area (Å²) in [5.41, 5.74) is -0.988. The molecular weight excluding hydrogens is 520 g/mol. The topological polar surface area (TPSA) is 202 Å². The number of allylic oxidation sites excluding steroid dienone is 1. The van der Waals surface area contributed by atoms with Gasteiger partial charge >= 0.3 is 11.9 Å². The molecule has 1 aromatic rings. The van der Waals surface area contributed by atoms with E-state index in [0.717, 1.165) is 6.26 Å². The van der Waals surface area contributed by atoms with E-state index in [9.17, 15) is 40.2 Å². The van der Waals surface area contributed by atoms with E-state index < -0.39 is 85.0 Å². The molecule has 4 aliphatic rings. The number of carbonyl (C=O) groups is 2. The summed E-state index contributed by atoms with van der Waals surface area (Å²) in [6.07, 6.45) is -6.53. The second-order valence-electron chi connectivity index (χ2n) is 10.0. The first kappa shape index (κ1) is 27.5. The van der Waals surface area contributed by atoms with Crippen molar-refractivity contribution in [2.75, 3.05) is 13.7 Å². The molecule has 5 rings (SSSR count). The minimum absolute atomic E-state index is 0.0426. The first-order chi connectivity index (χ1) is 18.6. The average Bonchev–Trinajstić information content (AvgIpc) is 3.43. The van der Waals surface area contributed by atoms with E-state index in [1.807, 2.05) is 0 Å². The van der Waals surface area contributed by atoms with Gasteiger partial charge in [0.05, 0.1) is 37.4 Å². The molecule has 0 aromatic heterocycles. The van der Waals surface area contributed by atoms with E-state index in [0.29, 0.717) is 5.56 Å². The summed E-state index contributed by atoms with van der Waals surface area (Å²) < 4.78 is 27.7. The highest BCUT2D eigenvalue weighted by molar-refractivity contribution is 5.89. The van der Waals surface area contributed by atoms with Crippen LogP contribution in [0.1, 0.15) is 5.56 Å². The van der Waals surface area contributed by atoms with Gasteiger partial charge in [0.25, 0.3) is 0 Å². The van der Waals surface area contributed by atoms with Crippen LogP contribution in [0.4, 0.5) is 0 Å². The molecule has 13 nitrogen and oxygen atoms in total. The second-order valence-corrected chi connectivity index (χ2v) is 10.0. The molecule has 3 heterocycles. The molecule has 0 saturated carbocycles. The van der Waals surface area contributed by atoms with Crippen molar-refractivity contribution in [1.29, 1.82) is 0 Å². The van der Waals surface area contributed by atoms with Gasteiger partial charge in [0.2, 0.25) is 6.29 Å². The molecule has 2 saturated heterocycles. The molecule has 0 radical (unpaired) electrons. The van der Waals surface area contributed by atoms with Crippen LogP contribution in [-0.2, 0) is 39.7 Å². The van der Waals surface area contributed by atoms with E-state index in [4.69, 9.17) is 23.7 Å². The Bertz CT molecular complexity index is 1150. The molecule has 1 aliphatic carbocycles. The lowest BCUT2D eigenvalue weighted by molar-refractivity contribution is -0.347. The third kappa shape index (κ3) is 4.59. The number of phenolic OH excluding ortho intramolecular Hbond substituents is 1. The van der Waals surface area contributed by atoms with Crippen LogP contribution < -0.4 is 0 Å². The SMILES string of the molecule is COC(=O)C1=CO[C@@H](O[C@@H]2O[C@H](CO)[C@@H](O)[C@H](O)[C@H]2O)[C@H]2[C@H]1C=C[C@]21OC(=O)[C@H](Cc2ccc(O)cc2)[C@H]1O. The van der Waals surface area contributed by atoms with Crippen LogP contribution in [-0.4, -0.2) is 105 Å². The van der Waals surface area contributed by atoms with Gasteiger partial charge in [-0.05, 0) is 30.2 Å². The maximum absolute atomic E-state index is 13.1. The second kappa shape index (κ2) is 10.5. The molecule has 39 heavy (non-hydrogen) atoms. The quantitative estimate of drug-likeness (QED) is 0.172. The van der Waals surface area contributed by atoms with Crippen molar-refractivity contribution in [2.45, 2.75) is 55.1 Å². The Balaban J connectivity index is 1.46. The van der Waals surface area contributed by atoms with Crippen LogP contribution in [0, 0.1) is 17.8 Å². The highest BCUT2D eigenvalue weighted by Crippen LogP contribution is 2.53. The summed E-state index contributed by atoms with van der Waals surface area (Å²) in [5, 5.41) is 61.3. The highest BCUT2D eigenvalue weighted by atomic mass is 16.8. The van der Waals surface area contributed by atoms with Crippen molar-refractivity contribution in [2.24, 2.45) is 17.8 Å². The number of ether oxygens (including phenoxy) is 5. The van der Waals surface area contributed by atoms with Crippen molar-refractivity contribution in [3.8, 4) is 5.75 Å². The molecular formula is C26H30O13. The lowest BCUT2D eigenvalue weighted by atomic mass is 9.74. The smallest absolute Gasteiger partial charge is 0.337 e. The van der Waals surface area contributed by atoms with Crippen molar-refractivity contribution in [1.82, 2.24) is 0 Å². The third-order valence-electron chi connectivity index (χ3n) is 7.81. The minimum atomic E-state index is -1.75. The maximum Gasteiger partial charge on any atom is 0.337 e. The number of benzene rings is 1. The van der Waals surface area contributed by atoms with Crippen LogP contribution in [0.2, 0.25) is 0 Å². The Labute approximate surface area is 222 Å². The van der Waals surface area contributed by atoms with Crippen LogP contribution in [0.5, 0.6) is 5.75 Å². The Kier molecular flexibility index (Phi) is 7.41. The van der Waals surface area contributed by atoms with Crippen LogP contribution in [0.25, 0.3) is 0 Å².